The Labute approximate surface area is 167 Å². The Morgan fingerprint density at radius 3 is 2.04 bits per heavy atom. The number of carboxylic acid groups (broad SMARTS) is 1. The third-order valence-electron chi connectivity index (χ3n) is 3.97. The number of carbonyl (C=O) groups is 3. The fourth-order valence-corrected chi connectivity index (χ4v) is 2.27. The van der Waals surface area contributed by atoms with E-state index in [9.17, 15) is 14.4 Å². The Morgan fingerprint density at radius 1 is 1.14 bits per heavy atom. The van der Waals surface area contributed by atoms with Crippen LogP contribution in [0.3, 0.4) is 0 Å². The van der Waals surface area contributed by atoms with Gasteiger partial charge in [-0.2, -0.15) is 0 Å². The minimum atomic E-state index is -0.852. The van der Waals surface area contributed by atoms with Crippen molar-refractivity contribution in [3.05, 3.63) is 66.8 Å². The van der Waals surface area contributed by atoms with E-state index in [0.29, 0.717) is 17.9 Å². The molecule has 0 fully saturated rings. The number of benzene rings is 1. The summed E-state index contributed by atoms with van der Waals surface area (Å²) in [6.07, 6.45) is 9.18. The van der Waals surface area contributed by atoms with Crippen molar-refractivity contribution in [3.63, 3.8) is 0 Å². The fourth-order valence-electron chi connectivity index (χ4n) is 2.27. The lowest BCUT2D eigenvalue weighted by Crippen LogP contribution is -2.06. The summed E-state index contributed by atoms with van der Waals surface area (Å²) >= 11 is 0. The molecule has 1 unspecified atom stereocenters. The molecule has 1 aromatic carbocycles. The molecule has 1 heterocycles. The molecule has 0 aliphatic carbocycles. The van der Waals surface area contributed by atoms with E-state index < -0.39 is 17.9 Å². The summed E-state index contributed by atoms with van der Waals surface area (Å²) in [6.45, 7) is 11.4. The molecule has 0 saturated heterocycles. The molecule has 1 aliphatic rings. The van der Waals surface area contributed by atoms with Gasteiger partial charge in [-0.05, 0) is 17.9 Å². The van der Waals surface area contributed by atoms with Crippen molar-refractivity contribution in [1.82, 2.24) is 0 Å². The smallest absolute Gasteiger partial charge is 0.338 e. The predicted octanol–water partition coefficient (Wildman–Crippen LogP) is 5.19. The molecule has 28 heavy (non-hydrogen) atoms. The van der Waals surface area contributed by atoms with Crippen LogP contribution in [0.5, 0.6) is 0 Å². The van der Waals surface area contributed by atoms with Crippen LogP contribution in [0, 0.1) is 5.92 Å². The zero-order chi connectivity index (χ0) is 21.4. The van der Waals surface area contributed by atoms with Gasteiger partial charge in [0.2, 0.25) is 0 Å². The number of carboxylic acids is 1. The number of carbonyl (C=O) groups excluding carboxylic acids is 2. The normalized spacial score (nSPS) is 12.6. The molecule has 5 nitrogen and oxygen atoms in total. The van der Waals surface area contributed by atoms with Gasteiger partial charge in [-0.25, -0.2) is 14.4 Å². The maximum atomic E-state index is 10.5. The van der Waals surface area contributed by atoms with Gasteiger partial charge >= 0.3 is 17.9 Å². The minimum absolute atomic E-state index is 0.350. The molecule has 152 valence electrons. The lowest BCUT2D eigenvalue weighted by Gasteiger charge is -2.13. The Bertz CT molecular complexity index is 657. The first-order valence-electron chi connectivity index (χ1n) is 9.36. The van der Waals surface area contributed by atoms with Gasteiger partial charge in [-0.1, -0.05) is 89.1 Å². The zero-order valence-corrected chi connectivity index (χ0v) is 16.7. The van der Waals surface area contributed by atoms with Gasteiger partial charge in [0.05, 0.1) is 0 Å². The summed E-state index contributed by atoms with van der Waals surface area (Å²) in [4.78, 5) is 30.4. The number of rotatable bonds is 8. The van der Waals surface area contributed by atoms with Gasteiger partial charge in [0, 0.05) is 17.7 Å². The average molecular weight is 386 g/mol. The lowest BCUT2D eigenvalue weighted by molar-refractivity contribution is -0.150. The first kappa shape index (κ1) is 25.1. The summed E-state index contributed by atoms with van der Waals surface area (Å²) in [5, 5.41) is 8.65. The molecule has 0 radical (unpaired) electrons. The maximum absolute atomic E-state index is 10.5. The number of aliphatic carboxylic acids is 1. The van der Waals surface area contributed by atoms with Crippen molar-refractivity contribution in [3.8, 4) is 0 Å². The monoisotopic (exact) mass is 386 g/mol. The predicted molar refractivity (Wildman–Crippen MR) is 111 cm³/mol. The van der Waals surface area contributed by atoms with Crippen molar-refractivity contribution < 1.29 is 24.2 Å². The number of hydrogen-bond acceptors (Lipinski definition) is 4. The Morgan fingerprint density at radius 2 is 1.71 bits per heavy atom. The van der Waals surface area contributed by atoms with E-state index >= 15 is 0 Å². The van der Waals surface area contributed by atoms with Gasteiger partial charge < -0.3 is 9.84 Å². The van der Waals surface area contributed by atoms with Crippen molar-refractivity contribution in [2.45, 2.75) is 46.0 Å². The minimum Gasteiger partial charge on any atom is -0.478 e. The summed E-state index contributed by atoms with van der Waals surface area (Å²) < 4.78 is 3.97. The van der Waals surface area contributed by atoms with Gasteiger partial charge in [0.15, 0.2) is 0 Å². The fraction of sp³-hybridized carbons (Fsp3) is 0.348. The molecule has 1 aromatic rings. The highest BCUT2D eigenvalue weighted by atomic mass is 16.6. The van der Waals surface area contributed by atoms with Crippen LogP contribution in [0.15, 0.2) is 61.2 Å². The average Bonchev–Trinajstić information content (AvgIpc) is 3.09. The summed E-state index contributed by atoms with van der Waals surface area (Å²) in [5.74, 6) is -1.51. The largest absolute Gasteiger partial charge is 0.478 e. The highest BCUT2D eigenvalue weighted by Crippen LogP contribution is 2.20. The molecule has 1 atom stereocenters. The second-order valence-electron chi connectivity index (χ2n) is 6.22. The SMILES string of the molecule is C=C(CC(CC)CCCC)C(=O)O.C=Cc1ccccc1.O=C1C=CC(=O)O1. The Balaban J connectivity index is 0.000000414. The van der Waals surface area contributed by atoms with Gasteiger partial charge in [0.25, 0.3) is 0 Å². The Kier molecular flexibility index (Phi) is 13.5. The number of unbranched alkanes of at least 4 members (excludes halogenated alkanes) is 1. The van der Waals surface area contributed by atoms with Crippen molar-refractivity contribution in [1.29, 1.82) is 0 Å². The highest BCUT2D eigenvalue weighted by molar-refractivity contribution is 6.04. The number of ether oxygens (including phenoxy) is 1. The van der Waals surface area contributed by atoms with Gasteiger partial charge in [0.1, 0.15) is 0 Å². The Hall–Kier alpha value is -2.95. The van der Waals surface area contributed by atoms with Crippen molar-refractivity contribution in [2.24, 2.45) is 5.92 Å². The topological polar surface area (TPSA) is 80.7 Å². The van der Waals surface area contributed by atoms with Crippen molar-refractivity contribution in [2.75, 3.05) is 0 Å². The third-order valence-corrected chi connectivity index (χ3v) is 3.97. The molecule has 0 aromatic heterocycles. The number of hydrogen-bond donors (Lipinski definition) is 1. The van der Waals surface area contributed by atoms with Crippen LogP contribution in [-0.4, -0.2) is 23.0 Å². The first-order chi connectivity index (χ1) is 13.3. The summed E-state index contributed by atoms with van der Waals surface area (Å²) in [5.41, 5.74) is 1.52. The molecule has 0 bridgehead atoms. The molecular weight excluding hydrogens is 356 g/mol. The quantitative estimate of drug-likeness (QED) is 0.378. The molecule has 5 heteroatoms. The van der Waals surface area contributed by atoms with Crippen LogP contribution in [-0.2, 0) is 19.1 Å². The van der Waals surface area contributed by atoms with E-state index in [-0.39, 0.29) is 0 Å². The molecule has 1 N–H and O–H groups in total. The van der Waals surface area contributed by atoms with Crippen LogP contribution in [0.4, 0.5) is 0 Å². The lowest BCUT2D eigenvalue weighted by atomic mass is 9.92. The van der Waals surface area contributed by atoms with Gasteiger partial charge in [-0.15, -0.1) is 0 Å². The third kappa shape index (κ3) is 12.4. The van der Waals surface area contributed by atoms with E-state index in [1.807, 2.05) is 36.4 Å². The van der Waals surface area contributed by atoms with Crippen LogP contribution in [0.1, 0.15) is 51.5 Å². The summed E-state index contributed by atoms with van der Waals surface area (Å²) in [7, 11) is 0. The van der Waals surface area contributed by atoms with Crippen LogP contribution in [0.2, 0.25) is 0 Å². The van der Waals surface area contributed by atoms with Gasteiger partial charge in [-0.3, -0.25) is 0 Å². The molecule has 0 spiro atoms. The van der Waals surface area contributed by atoms with E-state index in [1.54, 1.807) is 0 Å². The van der Waals surface area contributed by atoms with Crippen LogP contribution < -0.4 is 0 Å². The summed E-state index contributed by atoms with van der Waals surface area (Å²) in [6, 6.07) is 10.0. The zero-order valence-electron chi connectivity index (χ0n) is 16.7. The van der Waals surface area contributed by atoms with Crippen molar-refractivity contribution >= 4 is 24.0 Å². The second kappa shape index (κ2) is 15.1. The number of esters is 2. The van der Waals surface area contributed by atoms with E-state index in [4.69, 9.17) is 5.11 Å². The van der Waals surface area contributed by atoms with E-state index in [2.05, 4.69) is 31.7 Å². The molecule has 0 saturated carbocycles. The molecular formula is C23H30O5. The van der Waals surface area contributed by atoms with E-state index in [1.165, 1.54) is 18.4 Å². The molecule has 2 rings (SSSR count). The standard InChI is InChI=1S/C11H20O2.C8H8.C4H2O3/c1-4-6-7-10(5-2)8-9(3)11(12)13;1-2-8-6-4-3-5-7-8;5-3-1-2-4(6)7-3/h10H,3-8H2,1-2H3,(H,12,13);2-7H,1H2;1-2H. The van der Waals surface area contributed by atoms with E-state index in [0.717, 1.165) is 25.0 Å². The molecule has 0 amide bonds. The maximum Gasteiger partial charge on any atom is 0.338 e. The highest BCUT2D eigenvalue weighted by Gasteiger charge is 2.12. The first-order valence-corrected chi connectivity index (χ1v) is 9.36. The number of cyclic esters (lactones) is 2. The second-order valence-corrected chi connectivity index (χ2v) is 6.22. The van der Waals surface area contributed by atoms with Crippen LogP contribution in [0.25, 0.3) is 6.08 Å². The molecule has 1 aliphatic heterocycles. The van der Waals surface area contributed by atoms with Crippen LogP contribution >= 0.6 is 0 Å².